The van der Waals surface area contributed by atoms with Crippen molar-refractivity contribution in [1.82, 2.24) is 45.1 Å². The van der Waals surface area contributed by atoms with Gasteiger partial charge in [-0.3, -0.25) is 9.59 Å². The molecule has 3 aromatic heterocycles. The summed E-state index contributed by atoms with van der Waals surface area (Å²) < 4.78 is 2.40. The fourth-order valence-corrected chi connectivity index (χ4v) is 6.24. The maximum atomic E-state index is 12.7. The topological polar surface area (TPSA) is 134 Å². The van der Waals surface area contributed by atoms with E-state index in [0.29, 0.717) is 39.2 Å². The van der Waals surface area contributed by atoms with E-state index < -0.39 is 5.41 Å². The van der Waals surface area contributed by atoms with Gasteiger partial charge in [-0.25, -0.2) is 9.67 Å². The molecule has 1 aliphatic carbocycles. The number of nitrogens with zero attached hydrogens (tertiary/aromatic N) is 8. The van der Waals surface area contributed by atoms with E-state index >= 15 is 0 Å². The highest BCUT2D eigenvalue weighted by atomic mass is 79.9. The lowest BCUT2D eigenvalue weighted by atomic mass is 9.87. The molecule has 1 aliphatic rings. The first-order valence-electron chi connectivity index (χ1n) is 13.3. The lowest BCUT2D eigenvalue weighted by Crippen LogP contribution is -2.35. The van der Waals surface area contributed by atoms with Gasteiger partial charge in [-0.15, -0.1) is 10.2 Å². The van der Waals surface area contributed by atoms with Gasteiger partial charge >= 0.3 is 0 Å². The molecular weight excluding hydrogens is 608 g/mol. The number of anilines is 1. The van der Waals surface area contributed by atoms with Gasteiger partial charge < -0.3 is 20.4 Å². The van der Waals surface area contributed by atoms with E-state index in [1.807, 2.05) is 50.2 Å². The molecule has 1 saturated carbocycles. The second kappa shape index (κ2) is 11.8. The molecule has 0 aliphatic heterocycles. The first kappa shape index (κ1) is 29.0. The lowest BCUT2D eigenvalue weighted by Gasteiger charge is -2.22. The van der Waals surface area contributed by atoms with Gasteiger partial charge in [0, 0.05) is 50.4 Å². The standard InChI is InChI=1S/C27H33BrN10O2S/c1-27(25(40)29-2)11-10-17(14-27)31-26-30-15-19-20(28)35-38(21(19)32-26)18-8-6-16(7-9-18)22-33-34-23(41-22)24(39)37(5)13-12-36(3)4/h6-9,15,17H,10-14H2,1-5H3,(H,29,40)(H,30,31,32)/t17-,27-/m1/s1. The molecule has 216 valence electrons. The van der Waals surface area contributed by atoms with E-state index in [9.17, 15) is 9.59 Å². The summed E-state index contributed by atoms with van der Waals surface area (Å²) >= 11 is 4.81. The number of hydrogen-bond acceptors (Lipinski definition) is 10. The number of hydrogen-bond donors (Lipinski definition) is 2. The van der Waals surface area contributed by atoms with Crippen molar-refractivity contribution >= 4 is 56.1 Å². The number of rotatable bonds is 9. The molecule has 14 heteroatoms. The van der Waals surface area contributed by atoms with Crippen LogP contribution in [0.25, 0.3) is 27.3 Å². The fourth-order valence-electron chi connectivity index (χ4n) is 4.96. The Morgan fingerprint density at radius 2 is 1.93 bits per heavy atom. The Kier molecular flexibility index (Phi) is 8.34. The molecule has 2 amide bonds. The second-order valence-electron chi connectivity index (χ2n) is 10.8. The number of likely N-dealkylation sites (N-methyl/N-ethyl adjacent to an activating group) is 2. The van der Waals surface area contributed by atoms with Crippen LogP contribution >= 0.6 is 27.3 Å². The van der Waals surface area contributed by atoms with Gasteiger partial charge in [-0.1, -0.05) is 18.3 Å². The number of halogens is 1. The summed E-state index contributed by atoms with van der Waals surface area (Å²) in [5, 5.41) is 21.0. The zero-order valence-electron chi connectivity index (χ0n) is 23.7. The third-order valence-electron chi connectivity index (χ3n) is 7.43. The molecule has 4 aromatic rings. The third-order valence-corrected chi connectivity index (χ3v) is 8.97. The van der Waals surface area contributed by atoms with Gasteiger partial charge in [0.05, 0.1) is 11.1 Å². The van der Waals surface area contributed by atoms with Gasteiger partial charge in [0.25, 0.3) is 5.91 Å². The van der Waals surface area contributed by atoms with Crippen molar-refractivity contribution in [3.8, 4) is 16.3 Å². The van der Waals surface area contributed by atoms with Crippen molar-refractivity contribution in [2.45, 2.75) is 32.2 Å². The van der Waals surface area contributed by atoms with Crippen LogP contribution in [-0.4, -0.2) is 98.9 Å². The van der Waals surface area contributed by atoms with Crippen molar-refractivity contribution < 1.29 is 9.59 Å². The summed E-state index contributed by atoms with van der Waals surface area (Å²) in [6.07, 6.45) is 4.12. The van der Waals surface area contributed by atoms with Gasteiger partial charge in [-0.2, -0.15) is 10.1 Å². The molecule has 3 heterocycles. The minimum Gasteiger partial charge on any atom is -0.359 e. The highest BCUT2D eigenvalue weighted by molar-refractivity contribution is 9.10. The van der Waals surface area contributed by atoms with Crippen molar-refractivity contribution in [2.75, 3.05) is 46.6 Å². The van der Waals surface area contributed by atoms with E-state index in [4.69, 9.17) is 4.98 Å². The van der Waals surface area contributed by atoms with Crippen LogP contribution in [0.5, 0.6) is 0 Å². The summed E-state index contributed by atoms with van der Waals surface area (Å²) in [5.74, 6) is 0.419. The second-order valence-corrected chi connectivity index (χ2v) is 12.6. The predicted octanol–water partition coefficient (Wildman–Crippen LogP) is 3.45. The maximum Gasteiger partial charge on any atom is 0.284 e. The fraction of sp³-hybridized carbons (Fsp3) is 0.444. The average Bonchev–Trinajstić information content (AvgIpc) is 3.69. The number of carbonyl (C=O) groups excluding carboxylic acids is 2. The molecule has 0 radical (unpaired) electrons. The highest BCUT2D eigenvalue weighted by Crippen LogP contribution is 2.39. The van der Waals surface area contributed by atoms with E-state index in [0.717, 1.165) is 36.0 Å². The molecule has 1 aromatic carbocycles. The van der Waals surface area contributed by atoms with Crippen molar-refractivity contribution in [1.29, 1.82) is 0 Å². The summed E-state index contributed by atoms with van der Waals surface area (Å²) in [7, 11) is 7.39. The number of nitrogens with one attached hydrogen (secondary N) is 2. The van der Waals surface area contributed by atoms with Crippen LogP contribution < -0.4 is 10.6 Å². The quantitative estimate of drug-likeness (QED) is 0.282. The zero-order chi connectivity index (χ0) is 29.3. The highest BCUT2D eigenvalue weighted by Gasteiger charge is 2.41. The molecule has 0 unspecified atom stereocenters. The molecular formula is C27H33BrN10O2S. The van der Waals surface area contributed by atoms with Crippen LogP contribution in [-0.2, 0) is 4.79 Å². The SMILES string of the molecule is CNC(=O)[C@]1(C)CC[C@@H](Nc2ncc3c(Br)nn(-c4ccc(-c5nnc(C(=O)N(C)CCN(C)C)s5)cc4)c3n2)C1. The minimum absolute atomic E-state index is 0.0623. The summed E-state index contributed by atoms with van der Waals surface area (Å²) in [5.41, 5.74) is 1.92. The molecule has 0 spiro atoms. The number of carbonyl (C=O) groups is 2. The molecule has 41 heavy (non-hydrogen) atoms. The Bertz CT molecular complexity index is 1570. The van der Waals surface area contributed by atoms with Crippen LogP contribution in [0.3, 0.4) is 0 Å². The van der Waals surface area contributed by atoms with Crippen LogP contribution in [0.15, 0.2) is 35.1 Å². The van der Waals surface area contributed by atoms with Crippen molar-refractivity contribution in [3.63, 3.8) is 0 Å². The van der Waals surface area contributed by atoms with Crippen molar-refractivity contribution in [3.05, 3.63) is 40.1 Å². The number of aromatic nitrogens is 6. The van der Waals surface area contributed by atoms with Crippen molar-refractivity contribution in [2.24, 2.45) is 5.41 Å². The Labute approximate surface area is 250 Å². The predicted molar refractivity (Wildman–Crippen MR) is 162 cm³/mol. The first-order valence-corrected chi connectivity index (χ1v) is 14.9. The largest absolute Gasteiger partial charge is 0.359 e. The lowest BCUT2D eigenvalue weighted by molar-refractivity contribution is -0.129. The molecule has 0 saturated heterocycles. The van der Waals surface area contributed by atoms with E-state index in [1.165, 1.54) is 11.3 Å². The van der Waals surface area contributed by atoms with Gasteiger partial charge in [0.15, 0.2) is 5.65 Å². The maximum absolute atomic E-state index is 12.7. The zero-order valence-corrected chi connectivity index (χ0v) is 26.1. The molecule has 5 rings (SSSR count). The van der Waals surface area contributed by atoms with E-state index in [-0.39, 0.29) is 17.9 Å². The Balaban J connectivity index is 1.33. The average molecular weight is 642 g/mol. The van der Waals surface area contributed by atoms with Crippen LogP contribution in [0.1, 0.15) is 36.0 Å². The minimum atomic E-state index is -0.397. The third kappa shape index (κ3) is 6.09. The number of amides is 2. The molecule has 2 atom stereocenters. The number of fused-ring (bicyclic) bond motifs is 1. The summed E-state index contributed by atoms with van der Waals surface area (Å²) in [6, 6.07) is 7.83. The van der Waals surface area contributed by atoms with Gasteiger partial charge in [0.1, 0.15) is 9.61 Å². The molecule has 0 bridgehead atoms. The van der Waals surface area contributed by atoms with E-state index in [1.54, 1.807) is 29.9 Å². The van der Waals surface area contributed by atoms with Gasteiger partial charge in [-0.05, 0) is 73.6 Å². The molecule has 1 fully saturated rings. The van der Waals surface area contributed by atoms with Crippen LogP contribution in [0.4, 0.5) is 5.95 Å². The Morgan fingerprint density at radius 1 is 1.17 bits per heavy atom. The normalized spacial score (nSPS) is 18.7. The monoisotopic (exact) mass is 640 g/mol. The summed E-state index contributed by atoms with van der Waals surface area (Å²) in [6.45, 7) is 3.38. The van der Waals surface area contributed by atoms with Crippen LogP contribution in [0.2, 0.25) is 0 Å². The first-order chi connectivity index (χ1) is 19.6. The van der Waals surface area contributed by atoms with E-state index in [2.05, 4.69) is 46.8 Å². The van der Waals surface area contributed by atoms with Gasteiger partial charge in [0.2, 0.25) is 16.9 Å². The Hall–Kier alpha value is -3.49. The Morgan fingerprint density at radius 3 is 2.63 bits per heavy atom. The van der Waals surface area contributed by atoms with Crippen LogP contribution in [0, 0.1) is 5.41 Å². The molecule has 12 nitrogen and oxygen atoms in total. The smallest absolute Gasteiger partial charge is 0.284 e. The molecule has 2 N–H and O–H groups in total. The summed E-state index contributed by atoms with van der Waals surface area (Å²) in [4.78, 5) is 38.0. The number of benzene rings is 1.